The first-order valence-corrected chi connectivity index (χ1v) is 8.61. The third-order valence-corrected chi connectivity index (χ3v) is 5.36. The van der Waals surface area contributed by atoms with E-state index in [0.29, 0.717) is 11.8 Å². The van der Waals surface area contributed by atoms with E-state index < -0.39 is 0 Å². The first-order valence-electron chi connectivity index (χ1n) is 6.72. The molecule has 0 aliphatic carbocycles. The predicted molar refractivity (Wildman–Crippen MR) is 94.3 cm³/mol. The molecule has 0 atom stereocenters. The summed E-state index contributed by atoms with van der Waals surface area (Å²) in [6, 6.07) is 20.7. The molecule has 0 nitrogen and oxygen atoms in total. The van der Waals surface area contributed by atoms with Gasteiger partial charge in [0.25, 0.3) is 0 Å². The van der Waals surface area contributed by atoms with Crippen LogP contribution in [0.25, 0.3) is 20.9 Å². The summed E-state index contributed by atoms with van der Waals surface area (Å²) in [6.45, 7) is 0. The van der Waals surface area contributed by atoms with E-state index in [1.54, 1.807) is 11.3 Å². The molecule has 0 N–H and O–H groups in total. The Morgan fingerprint density at radius 2 is 1.00 bits per heavy atom. The van der Waals surface area contributed by atoms with Crippen LogP contribution in [0.1, 0.15) is 11.1 Å². The van der Waals surface area contributed by atoms with Crippen LogP contribution in [0, 0.1) is 0 Å². The van der Waals surface area contributed by atoms with Gasteiger partial charge in [0.2, 0.25) is 0 Å². The Morgan fingerprint density at radius 3 is 1.33 bits per heavy atom. The van der Waals surface area contributed by atoms with Crippen molar-refractivity contribution >= 4 is 34.5 Å². The van der Waals surface area contributed by atoms with Crippen molar-refractivity contribution in [1.82, 2.24) is 0 Å². The fourth-order valence-electron chi connectivity index (χ4n) is 2.43. The van der Waals surface area contributed by atoms with Crippen LogP contribution < -0.4 is 0 Å². The molecular weight excluding hydrogens is 319 g/mol. The number of hydrogen-bond acceptors (Lipinski definition) is 1. The molecule has 0 saturated heterocycles. The maximum absolute atomic E-state index is 6.21. The molecule has 3 rings (SSSR count). The van der Waals surface area contributed by atoms with E-state index in [1.807, 2.05) is 12.1 Å². The number of hydrogen-bond donors (Lipinski definition) is 0. The molecule has 0 aliphatic heterocycles. The third-order valence-electron chi connectivity index (χ3n) is 3.46. The Balaban J connectivity index is 2.21. The standard InChI is InChI=1S/C18H14Cl2S/c19-11-15-16(12-20)18(14-9-5-2-6-10-14)21-17(15)13-7-3-1-4-8-13/h1-10H,11-12H2. The van der Waals surface area contributed by atoms with Gasteiger partial charge < -0.3 is 0 Å². The van der Waals surface area contributed by atoms with E-state index >= 15 is 0 Å². The van der Waals surface area contributed by atoms with Gasteiger partial charge in [-0.1, -0.05) is 60.7 Å². The summed E-state index contributed by atoms with van der Waals surface area (Å²) < 4.78 is 0. The molecule has 3 heteroatoms. The summed E-state index contributed by atoms with van der Waals surface area (Å²) >= 11 is 14.2. The fraction of sp³-hybridized carbons (Fsp3) is 0.111. The lowest BCUT2D eigenvalue weighted by molar-refractivity contribution is 1.31. The Kier molecular flexibility index (Phi) is 4.64. The van der Waals surface area contributed by atoms with Crippen LogP contribution in [-0.2, 0) is 11.8 Å². The molecule has 0 spiro atoms. The van der Waals surface area contributed by atoms with Crippen molar-refractivity contribution in [1.29, 1.82) is 0 Å². The molecule has 0 aliphatic rings. The third kappa shape index (κ3) is 2.87. The maximum atomic E-state index is 6.21. The molecule has 2 aromatic carbocycles. The molecular formula is C18H14Cl2S. The van der Waals surface area contributed by atoms with E-state index in [1.165, 1.54) is 20.9 Å². The molecule has 0 amide bonds. The van der Waals surface area contributed by atoms with Gasteiger partial charge in [0.05, 0.1) is 0 Å². The summed E-state index contributed by atoms with van der Waals surface area (Å²) in [6.07, 6.45) is 0. The average Bonchev–Trinajstić information content (AvgIpc) is 2.95. The molecule has 0 unspecified atom stereocenters. The van der Waals surface area contributed by atoms with Gasteiger partial charge >= 0.3 is 0 Å². The lowest BCUT2D eigenvalue weighted by Crippen LogP contribution is -1.87. The van der Waals surface area contributed by atoms with Crippen LogP contribution in [0.15, 0.2) is 60.7 Å². The molecule has 0 fully saturated rings. The van der Waals surface area contributed by atoms with Crippen molar-refractivity contribution in [2.45, 2.75) is 11.8 Å². The minimum Gasteiger partial charge on any atom is -0.135 e. The molecule has 1 aromatic heterocycles. The largest absolute Gasteiger partial charge is 0.135 e. The van der Waals surface area contributed by atoms with Crippen LogP contribution in [-0.4, -0.2) is 0 Å². The highest BCUT2D eigenvalue weighted by molar-refractivity contribution is 7.19. The van der Waals surface area contributed by atoms with E-state index in [9.17, 15) is 0 Å². The van der Waals surface area contributed by atoms with E-state index in [2.05, 4.69) is 48.5 Å². The lowest BCUT2D eigenvalue weighted by atomic mass is 10.0. The number of alkyl halides is 2. The first kappa shape index (κ1) is 14.6. The Morgan fingerprint density at radius 1 is 0.619 bits per heavy atom. The van der Waals surface area contributed by atoms with Crippen molar-refractivity contribution in [3.63, 3.8) is 0 Å². The van der Waals surface area contributed by atoms with Gasteiger partial charge in [-0.15, -0.1) is 34.5 Å². The van der Waals surface area contributed by atoms with Gasteiger partial charge in [-0.3, -0.25) is 0 Å². The highest BCUT2D eigenvalue weighted by Gasteiger charge is 2.18. The average molecular weight is 333 g/mol. The number of rotatable bonds is 4. The number of halogens is 2. The molecule has 0 saturated carbocycles. The second-order valence-electron chi connectivity index (χ2n) is 4.72. The second-order valence-corrected chi connectivity index (χ2v) is 6.27. The summed E-state index contributed by atoms with van der Waals surface area (Å²) in [5, 5.41) is 0. The Hall–Kier alpha value is -1.28. The fourth-order valence-corrected chi connectivity index (χ4v) is 4.52. The topological polar surface area (TPSA) is 0 Å². The van der Waals surface area contributed by atoms with Crippen LogP contribution in [0.2, 0.25) is 0 Å². The second kappa shape index (κ2) is 6.65. The van der Waals surface area contributed by atoms with Gasteiger partial charge in [0.15, 0.2) is 0 Å². The smallest absolute Gasteiger partial charge is 0.0491 e. The minimum absolute atomic E-state index is 0.482. The number of benzene rings is 2. The van der Waals surface area contributed by atoms with Gasteiger partial charge in [-0.05, 0) is 22.3 Å². The highest BCUT2D eigenvalue weighted by atomic mass is 35.5. The van der Waals surface area contributed by atoms with E-state index in [4.69, 9.17) is 23.2 Å². The van der Waals surface area contributed by atoms with Crippen LogP contribution in [0.3, 0.4) is 0 Å². The van der Waals surface area contributed by atoms with Crippen molar-refractivity contribution in [2.75, 3.05) is 0 Å². The van der Waals surface area contributed by atoms with Gasteiger partial charge in [0.1, 0.15) is 0 Å². The summed E-state index contributed by atoms with van der Waals surface area (Å²) in [4.78, 5) is 2.44. The molecule has 21 heavy (non-hydrogen) atoms. The zero-order valence-corrected chi connectivity index (χ0v) is 13.7. The van der Waals surface area contributed by atoms with Gasteiger partial charge in [-0.2, -0.15) is 0 Å². The maximum Gasteiger partial charge on any atom is 0.0491 e. The summed E-state index contributed by atoms with van der Waals surface area (Å²) in [7, 11) is 0. The first-order chi connectivity index (χ1) is 10.3. The van der Waals surface area contributed by atoms with Crippen molar-refractivity contribution in [3.05, 3.63) is 71.8 Å². The van der Waals surface area contributed by atoms with Crippen LogP contribution >= 0.6 is 34.5 Å². The predicted octanol–water partition coefficient (Wildman–Crippen LogP) is 6.56. The Labute approximate surface area is 139 Å². The molecule has 1 heterocycles. The zero-order chi connectivity index (χ0) is 14.7. The summed E-state index contributed by atoms with van der Waals surface area (Å²) in [5.41, 5.74) is 4.71. The highest BCUT2D eigenvalue weighted by Crippen LogP contribution is 2.43. The van der Waals surface area contributed by atoms with E-state index in [0.717, 1.165) is 11.1 Å². The quantitative estimate of drug-likeness (QED) is 0.474. The van der Waals surface area contributed by atoms with Crippen molar-refractivity contribution < 1.29 is 0 Å². The normalized spacial score (nSPS) is 10.8. The van der Waals surface area contributed by atoms with Gasteiger partial charge in [-0.25, -0.2) is 0 Å². The van der Waals surface area contributed by atoms with Gasteiger partial charge in [0, 0.05) is 21.5 Å². The monoisotopic (exact) mass is 332 g/mol. The minimum atomic E-state index is 0.482. The number of thiophene rings is 1. The molecule has 0 radical (unpaired) electrons. The zero-order valence-electron chi connectivity index (χ0n) is 11.4. The van der Waals surface area contributed by atoms with E-state index in [-0.39, 0.29) is 0 Å². The lowest BCUT2D eigenvalue weighted by Gasteiger charge is -2.03. The Bertz CT molecular complexity index is 656. The van der Waals surface area contributed by atoms with Crippen molar-refractivity contribution in [2.24, 2.45) is 0 Å². The van der Waals surface area contributed by atoms with Crippen molar-refractivity contribution in [3.8, 4) is 20.9 Å². The molecule has 3 aromatic rings. The molecule has 0 bridgehead atoms. The molecule has 106 valence electrons. The van der Waals surface area contributed by atoms with Crippen LogP contribution in [0.5, 0.6) is 0 Å². The SMILES string of the molecule is ClCc1c(-c2ccccc2)sc(-c2ccccc2)c1CCl. The summed E-state index contributed by atoms with van der Waals surface area (Å²) in [5.74, 6) is 0.964. The van der Waals surface area contributed by atoms with Crippen LogP contribution in [0.4, 0.5) is 0 Å².